The number of likely N-dealkylation sites (tertiary alicyclic amines) is 1. The van der Waals surface area contributed by atoms with E-state index in [0.29, 0.717) is 42.7 Å². The van der Waals surface area contributed by atoms with Gasteiger partial charge in [-0.15, -0.1) is 11.3 Å². The quantitative estimate of drug-likeness (QED) is 0.259. The zero-order valence-electron chi connectivity index (χ0n) is 23.5. The predicted octanol–water partition coefficient (Wildman–Crippen LogP) is 3.30. The minimum atomic E-state index is -3.67. The summed E-state index contributed by atoms with van der Waals surface area (Å²) in [7, 11) is -0.505. The molecule has 1 aromatic heterocycles. The van der Waals surface area contributed by atoms with E-state index in [0.717, 1.165) is 54.5 Å². The van der Waals surface area contributed by atoms with Gasteiger partial charge in [0.1, 0.15) is 6.10 Å². The van der Waals surface area contributed by atoms with Crippen LogP contribution in [0.2, 0.25) is 0 Å². The number of esters is 1. The van der Waals surface area contributed by atoms with Crippen LogP contribution in [0, 0.1) is 11.3 Å². The third-order valence-electron chi connectivity index (χ3n) is 6.68. The van der Waals surface area contributed by atoms with Gasteiger partial charge in [-0.05, 0) is 54.8 Å². The number of nitrogens with zero attached hydrogens (tertiary/aromatic N) is 3. The summed E-state index contributed by atoms with van der Waals surface area (Å²) in [5, 5.41) is 20.5. The molecular weight excluding hydrogens is 570 g/mol. The summed E-state index contributed by atoms with van der Waals surface area (Å²) < 4.78 is 42.3. The molecule has 2 aliphatic heterocycles. The van der Waals surface area contributed by atoms with Crippen molar-refractivity contribution < 1.29 is 37.1 Å². The highest BCUT2D eigenvalue weighted by Gasteiger charge is 2.25. The number of carbonyl (C=O) groups excluding carboxylic acids is 1. The Bertz CT molecular complexity index is 1330. The van der Waals surface area contributed by atoms with Crippen LogP contribution >= 0.6 is 11.3 Å². The number of aliphatic hydroxyl groups excluding tert-OH is 1. The molecular formula is C28H37N3O8S2. The lowest BCUT2D eigenvalue weighted by Gasteiger charge is -2.33. The lowest BCUT2D eigenvalue weighted by atomic mass is 10.1. The molecule has 41 heavy (non-hydrogen) atoms. The molecule has 2 fully saturated rings. The van der Waals surface area contributed by atoms with Crippen molar-refractivity contribution in [2.24, 2.45) is 0 Å². The molecule has 0 radical (unpaired) electrons. The fraction of sp³-hybridized carbons (Fsp3) is 0.500. The molecule has 0 unspecified atom stereocenters. The highest BCUT2D eigenvalue weighted by molar-refractivity contribution is 7.85. The van der Waals surface area contributed by atoms with Crippen molar-refractivity contribution in [2.75, 3.05) is 58.1 Å². The van der Waals surface area contributed by atoms with Gasteiger partial charge in [0, 0.05) is 43.9 Å². The van der Waals surface area contributed by atoms with Crippen LogP contribution in [0.1, 0.15) is 36.1 Å². The smallest absolute Gasteiger partial charge is 0.320 e. The highest BCUT2D eigenvalue weighted by Crippen LogP contribution is 2.34. The number of carbonyl (C=O) groups is 1. The Balaban J connectivity index is 0.000000850. The Morgan fingerprint density at radius 2 is 1.71 bits per heavy atom. The standard InChI is InChI=1S/C27H33N3O5S.CH4O3S/c1-33-24-5-3-19(16-25(24)34-2)20(17-28)15-23-4-6-26(36-23)30-13-9-22(10-14-30)35-27(32)18-29-11-7-21(31)8-12-29;1-5(2,3)4/h3-6,15-16,21-22,31H,7-14,18H2,1-2H3;1H3,(H,2,3,4). The zero-order chi connectivity index (χ0) is 30.0. The van der Waals surface area contributed by atoms with Gasteiger partial charge in [-0.3, -0.25) is 14.2 Å². The number of hydrogen-bond acceptors (Lipinski definition) is 11. The Labute approximate surface area is 245 Å². The number of benzene rings is 1. The fourth-order valence-corrected chi connectivity index (χ4v) is 5.60. The molecule has 2 aliphatic rings. The molecule has 3 heterocycles. The number of aliphatic hydroxyl groups is 1. The number of nitriles is 1. The van der Waals surface area contributed by atoms with E-state index in [-0.39, 0.29) is 18.2 Å². The molecule has 0 spiro atoms. The maximum absolute atomic E-state index is 12.4. The first-order valence-electron chi connectivity index (χ1n) is 13.2. The minimum absolute atomic E-state index is 0.0568. The lowest BCUT2D eigenvalue weighted by Crippen LogP contribution is -2.42. The van der Waals surface area contributed by atoms with E-state index in [1.54, 1.807) is 31.6 Å². The number of rotatable bonds is 8. The number of thiophene rings is 1. The number of allylic oxidation sites excluding steroid dienone is 1. The van der Waals surface area contributed by atoms with E-state index in [4.69, 9.17) is 18.8 Å². The van der Waals surface area contributed by atoms with Gasteiger partial charge in [0.25, 0.3) is 10.1 Å². The van der Waals surface area contributed by atoms with Gasteiger partial charge in [0.05, 0.1) is 49.8 Å². The third-order valence-corrected chi connectivity index (χ3v) is 7.77. The van der Waals surface area contributed by atoms with Crippen LogP contribution in [0.4, 0.5) is 5.00 Å². The second-order valence-electron chi connectivity index (χ2n) is 9.83. The Hall–Kier alpha value is -3.15. The monoisotopic (exact) mass is 607 g/mol. The molecule has 224 valence electrons. The summed E-state index contributed by atoms with van der Waals surface area (Å²) in [4.78, 5) is 17.7. The molecule has 13 heteroatoms. The molecule has 0 aliphatic carbocycles. The second-order valence-corrected chi connectivity index (χ2v) is 12.4. The maximum Gasteiger partial charge on any atom is 0.320 e. The van der Waals surface area contributed by atoms with Gasteiger partial charge in [0.15, 0.2) is 11.5 Å². The van der Waals surface area contributed by atoms with E-state index in [1.165, 1.54) is 0 Å². The lowest BCUT2D eigenvalue weighted by molar-refractivity contribution is -0.151. The first kappa shape index (κ1) is 32.4. The number of piperidine rings is 2. The van der Waals surface area contributed by atoms with Crippen LogP contribution in [-0.4, -0.2) is 94.4 Å². The van der Waals surface area contributed by atoms with Gasteiger partial charge in [-0.2, -0.15) is 13.7 Å². The summed E-state index contributed by atoms with van der Waals surface area (Å²) >= 11 is 1.64. The second kappa shape index (κ2) is 15.2. The van der Waals surface area contributed by atoms with Crippen LogP contribution in [0.5, 0.6) is 11.5 Å². The van der Waals surface area contributed by atoms with E-state index in [1.807, 2.05) is 24.3 Å². The topological polar surface area (TPSA) is 150 Å². The number of ether oxygens (including phenoxy) is 3. The van der Waals surface area contributed by atoms with Crippen molar-refractivity contribution in [1.29, 1.82) is 5.26 Å². The molecule has 0 bridgehead atoms. The molecule has 1 aromatic carbocycles. The number of hydrogen-bond donors (Lipinski definition) is 2. The van der Waals surface area contributed by atoms with Gasteiger partial charge < -0.3 is 24.2 Å². The van der Waals surface area contributed by atoms with Gasteiger partial charge in [0.2, 0.25) is 0 Å². The van der Waals surface area contributed by atoms with Crippen molar-refractivity contribution in [3.8, 4) is 17.6 Å². The van der Waals surface area contributed by atoms with Crippen LogP contribution in [0.15, 0.2) is 30.3 Å². The van der Waals surface area contributed by atoms with Crippen molar-refractivity contribution in [3.05, 3.63) is 40.8 Å². The largest absolute Gasteiger partial charge is 0.493 e. The van der Waals surface area contributed by atoms with E-state index < -0.39 is 10.1 Å². The van der Waals surface area contributed by atoms with E-state index in [2.05, 4.69) is 21.9 Å². The Kier molecular flexibility index (Phi) is 12.0. The van der Waals surface area contributed by atoms with E-state index in [9.17, 15) is 23.6 Å². The van der Waals surface area contributed by atoms with Crippen molar-refractivity contribution in [1.82, 2.24) is 4.90 Å². The first-order chi connectivity index (χ1) is 19.5. The summed E-state index contributed by atoms with van der Waals surface area (Å²) in [6, 6.07) is 11.9. The maximum atomic E-state index is 12.4. The van der Waals surface area contributed by atoms with Crippen LogP contribution in [-0.2, 0) is 19.6 Å². The predicted molar refractivity (Wildman–Crippen MR) is 158 cm³/mol. The molecule has 2 aromatic rings. The molecule has 0 saturated carbocycles. The summed E-state index contributed by atoms with van der Waals surface area (Å²) in [5.41, 5.74) is 1.33. The summed E-state index contributed by atoms with van der Waals surface area (Å²) in [6.07, 6.45) is 5.33. The molecule has 4 rings (SSSR count). The average Bonchev–Trinajstić information content (AvgIpc) is 3.40. The molecule has 2 N–H and O–H groups in total. The van der Waals surface area contributed by atoms with Crippen molar-refractivity contribution >= 4 is 44.1 Å². The van der Waals surface area contributed by atoms with E-state index >= 15 is 0 Å². The normalized spacial score (nSPS) is 17.3. The van der Waals surface area contributed by atoms with Crippen LogP contribution in [0.25, 0.3) is 11.6 Å². The highest BCUT2D eigenvalue weighted by atomic mass is 32.2. The number of anilines is 1. The number of methoxy groups -OCH3 is 2. The van der Waals surface area contributed by atoms with Crippen molar-refractivity contribution in [2.45, 2.75) is 37.9 Å². The minimum Gasteiger partial charge on any atom is -0.493 e. The molecule has 11 nitrogen and oxygen atoms in total. The average molecular weight is 608 g/mol. The summed E-state index contributed by atoms with van der Waals surface area (Å²) in [5.74, 6) is 1.03. The third kappa shape index (κ3) is 10.6. The van der Waals surface area contributed by atoms with Gasteiger partial charge >= 0.3 is 5.97 Å². The first-order valence-corrected chi connectivity index (χ1v) is 15.9. The molecule has 2 saturated heterocycles. The SMILES string of the molecule is COc1ccc(C(C#N)=Cc2ccc(N3CCC(OC(=O)CN4CCC(O)CC4)CC3)s2)cc1OC.CS(=O)(=O)O. The summed E-state index contributed by atoms with van der Waals surface area (Å²) in [6.45, 7) is 3.41. The van der Waals surface area contributed by atoms with Gasteiger partial charge in [-0.25, -0.2) is 0 Å². The Morgan fingerprint density at radius 3 is 2.29 bits per heavy atom. The Morgan fingerprint density at radius 1 is 1.07 bits per heavy atom. The molecule has 0 amide bonds. The molecule has 0 atom stereocenters. The fourth-order valence-electron chi connectivity index (χ4n) is 4.59. The van der Waals surface area contributed by atoms with Crippen LogP contribution in [0.3, 0.4) is 0 Å². The van der Waals surface area contributed by atoms with Crippen LogP contribution < -0.4 is 14.4 Å². The van der Waals surface area contributed by atoms with Crippen molar-refractivity contribution in [3.63, 3.8) is 0 Å². The van der Waals surface area contributed by atoms with Gasteiger partial charge in [-0.1, -0.05) is 0 Å². The zero-order valence-corrected chi connectivity index (χ0v) is 25.1.